The number of hydrogen-bond acceptors (Lipinski definition) is 5. The molecular weight excluding hydrogens is 316 g/mol. The number of carbonyl (C=O) groups is 1. The van der Waals surface area contributed by atoms with Gasteiger partial charge in [-0.15, -0.1) is 22.0 Å². The van der Waals surface area contributed by atoms with E-state index in [4.69, 9.17) is 0 Å². The maximum absolute atomic E-state index is 12.1. The molecule has 1 heterocycles. The van der Waals surface area contributed by atoms with Crippen LogP contribution < -0.4 is 5.32 Å². The summed E-state index contributed by atoms with van der Waals surface area (Å²) in [5.41, 5.74) is 0.854. The minimum Gasteiger partial charge on any atom is -0.324 e. The summed E-state index contributed by atoms with van der Waals surface area (Å²) < 4.78 is 2.05. The van der Waals surface area contributed by atoms with Crippen LogP contribution in [0.3, 0.4) is 0 Å². The number of thioether (sulfide) groups is 2. The van der Waals surface area contributed by atoms with E-state index in [1.54, 1.807) is 11.8 Å². The molecule has 0 fully saturated rings. The zero-order chi connectivity index (χ0) is 15.9. The summed E-state index contributed by atoms with van der Waals surface area (Å²) in [5.74, 6) is 1.25. The Kier molecular flexibility index (Phi) is 6.33. The number of aryl methyl sites for hydroxylation is 1. The highest BCUT2D eigenvalue weighted by atomic mass is 32.2. The van der Waals surface area contributed by atoms with Crippen molar-refractivity contribution in [1.82, 2.24) is 14.8 Å². The van der Waals surface area contributed by atoms with E-state index in [9.17, 15) is 4.79 Å². The second-order valence-electron chi connectivity index (χ2n) is 4.53. The van der Waals surface area contributed by atoms with Crippen LogP contribution in [0.15, 0.2) is 34.3 Å². The van der Waals surface area contributed by atoms with Crippen molar-refractivity contribution in [3.05, 3.63) is 30.1 Å². The smallest absolute Gasteiger partial charge is 0.234 e. The van der Waals surface area contributed by atoms with Gasteiger partial charge in [-0.3, -0.25) is 4.79 Å². The lowest BCUT2D eigenvalue weighted by Gasteiger charge is -2.09. The van der Waals surface area contributed by atoms with Gasteiger partial charge in [0.05, 0.1) is 11.4 Å². The zero-order valence-electron chi connectivity index (χ0n) is 13.0. The summed E-state index contributed by atoms with van der Waals surface area (Å²) in [6.45, 7) is 4.92. The molecule has 5 nitrogen and oxygen atoms in total. The van der Waals surface area contributed by atoms with Gasteiger partial charge in [0.25, 0.3) is 0 Å². The predicted octanol–water partition coefficient (Wildman–Crippen LogP) is 3.31. The molecule has 1 N–H and O–H groups in total. The van der Waals surface area contributed by atoms with Crippen molar-refractivity contribution in [3.8, 4) is 0 Å². The molecule has 0 saturated carbocycles. The molecule has 2 rings (SSSR count). The van der Waals surface area contributed by atoms with Crippen LogP contribution in [-0.4, -0.2) is 32.7 Å². The molecular formula is C15H20N4OS2. The molecule has 118 valence electrons. The Hall–Kier alpha value is -1.47. The minimum atomic E-state index is -0.0322. The van der Waals surface area contributed by atoms with Crippen LogP contribution >= 0.6 is 23.5 Å². The molecule has 0 aliphatic heterocycles. The van der Waals surface area contributed by atoms with Gasteiger partial charge in [-0.2, -0.15) is 0 Å². The number of anilines is 1. The summed E-state index contributed by atoms with van der Waals surface area (Å²) >= 11 is 3.04. The van der Waals surface area contributed by atoms with E-state index in [0.717, 1.165) is 34.5 Å². The lowest BCUT2D eigenvalue weighted by Crippen LogP contribution is -2.15. The highest BCUT2D eigenvalue weighted by molar-refractivity contribution is 7.99. The van der Waals surface area contributed by atoms with Gasteiger partial charge in [0.1, 0.15) is 5.82 Å². The van der Waals surface area contributed by atoms with Crippen LogP contribution in [0, 0.1) is 0 Å². The lowest BCUT2D eigenvalue weighted by molar-refractivity contribution is -0.113. The van der Waals surface area contributed by atoms with E-state index in [-0.39, 0.29) is 5.91 Å². The van der Waals surface area contributed by atoms with Gasteiger partial charge in [0.2, 0.25) is 5.91 Å². The summed E-state index contributed by atoms with van der Waals surface area (Å²) in [4.78, 5) is 13.2. The second-order valence-corrected chi connectivity index (χ2v) is 6.32. The van der Waals surface area contributed by atoms with Gasteiger partial charge in [-0.1, -0.05) is 30.8 Å². The van der Waals surface area contributed by atoms with Crippen molar-refractivity contribution in [2.24, 2.45) is 0 Å². The molecule has 0 bridgehead atoms. The summed E-state index contributed by atoms with van der Waals surface area (Å²) in [5, 5.41) is 12.1. The van der Waals surface area contributed by atoms with E-state index in [1.165, 1.54) is 11.8 Å². The van der Waals surface area contributed by atoms with Gasteiger partial charge in [0.15, 0.2) is 5.16 Å². The Morgan fingerprint density at radius 2 is 2.05 bits per heavy atom. The maximum atomic E-state index is 12.1. The Bertz CT molecular complexity index is 642. The number of nitrogens with zero attached hydrogens (tertiary/aromatic N) is 3. The highest BCUT2D eigenvalue weighted by Crippen LogP contribution is 2.25. The third-order valence-electron chi connectivity index (χ3n) is 3.14. The van der Waals surface area contributed by atoms with E-state index < -0.39 is 0 Å². The largest absolute Gasteiger partial charge is 0.324 e. The van der Waals surface area contributed by atoms with E-state index in [2.05, 4.69) is 29.4 Å². The van der Waals surface area contributed by atoms with Gasteiger partial charge < -0.3 is 9.88 Å². The molecule has 1 aromatic heterocycles. The summed E-state index contributed by atoms with van der Waals surface area (Å²) in [6, 6.07) is 7.79. The molecule has 0 aliphatic rings. The highest BCUT2D eigenvalue weighted by Gasteiger charge is 2.12. The molecule has 7 heteroatoms. The third-order valence-corrected chi connectivity index (χ3v) is 4.90. The van der Waals surface area contributed by atoms with Gasteiger partial charge in [-0.05, 0) is 25.3 Å². The fraction of sp³-hybridized carbons (Fsp3) is 0.400. The van der Waals surface area contributed by atoms with Gasteiger partial charge >= 0.3 is 0 Å². The number of hydrogen-bond donors (Lipinski definition) is 1. The average molecular weight is 336 g/mol. The lowest BCUT2D eigenvalue weighted by atomic mass is 10.3. The molecule has 0 saturated heterocycles. The average Bonchev–Trinajstić information content (AvgIpc) is 2.95. The number of aromatic nitrogens is 3. The fourth-order valence-electron chi connectivity index (χ4n) is 2.07. The summed E-state index contributed by atoms with van der Waals surface area (Å²) in [6.07, 6.45) is 2.84. The first-order valence-corrected chi connectivity index (χ1v) is 9.38. The molecule has 0 radical (unpaired) electrons. The monoisotopic (exact) mass is 336 g/mol. The number of amides is 1. The SMILES string of the molecule is CCc1nnc(SCC(=O)Nc2ccccc2SC)n1CC. The third kappa shape index (κ3) is 4.04. The number of para-hydroxylation sites is 1. The predicted molar refractivity (Wildman–Crippen MR) is 92.7 cm³/mol. The van der Waals surface area contributed by atoms with Crippen molar-refractivity contribution in [2.75, 3.05) is 17.3 Å². The fourth-order valence-corrected chi connectivity index (χ4v) is 3.44. The standard InChI is InChI=1S/C15H20N4OS2/c1-4-13-17-18-15(19(13)5-2)22-10-14(20)16-11-8-6-7-9-12(11)21-3/h6-9H,4-5,10H2,1-3H3,(H,16,20). The van der Waals surface area contributed by atoms with Gasteiger partial charge in [-0.25, -0.2) is 0 Å². The van der Waals surface area contributed by atoms with Gasteiger partial charge in [0, 0.05) is 17.9 Å². The summed E-state index contributed by atoms with van der Waals surface area (Å²) in [7, 11) is 0. The number of carbonyl (C=O) groups excluding carboxylic acids is 1. The van der Waals surface area contributed by atoms with Crippen LogP contribution in [0.5, 0.6) is 0 Å². The number of rotatable bonds is 7. The quantitative estimate of drug-likeness (QED) is 0.786. The molecule has 22 heavy (non-hydrogen) atoms. The first-order valence-electron chi connectivity index (χ1n) is 7.17. The van der Waals surface area contributed by atoms with Crippen molar-refractivity contribution in [3.63, 3.8) is 0 Å². The van der Waals surface area contributed by atoms with Crippen LogP contribution in [0.25, 0.3) is 0 Å². The van der Waals surface area contributed by atoms with Crippen molar-refractivity contribution >= 4 is 35.1 Å². The number of nitrogens with one attached hydrogen (secondary N) is 1. The van der Waals surface area contributed by atoms with E-state index >= 15 is 0 Å². The minimum absolute atomic E-state index is 0.0322. The molecule has 0 spiro atoms. The van der Waals surface area contributed by atoms with Crippen molar-refractivity contribution in [1.29, 1.82) is 0 Å². The first kappa shape index (κ1) is 16.9. The van der Waals surface area contributed by atoms with E-state index in [1.807, 2.05) is 35.1 Å². The van der Waals surface area contributed by atoms with Crippen LogP contribution in [0.4, 0.5) is 5.69 Å². The van der Waals surface area contributed by atoms with Crippen LogP contribution in [0.2, 0.25) is 0 Å². The van der Waals surface area contributed by atoms with Crippen LogP contribution in [-0.2, 0) is 17.8 Å². The molecule has 0 unspecified atom stereocenters. The van der Waals surface area contributed by atoms with Crippen molar-refractivity contribution < 1.29 is 4.79 Å². The molecule has 1 amide bonds. The van der Waals surface area contributed by atoms with Crippen LogP contribution in [0.1, 0.15) is 19.7 Å². The topological polar surface area (TPSA) is 59.8 Å². The Morgan fingerprint density at radius 3 is 2.73 bits per heavy atom. The molecule has 0 aliphatic carbocycles. The Morgan fingerprint density at radius 1 is 1.27 bits per heavy atom. The number of benzene rings is 1. The van der Waals surface area contributed by atoms with E-state index in [0.29, 0.717) is 5.75 Å². The van der Waals surface area contributed by atoms with Crippen molar-refractivity contribution in [2.45, 2.75) is 36.9 Å². The molecule has 0 atom stereocenters. The molecule has 2 aromatic rings. The normalized spacial score (nSPS) is 10.7. The Labute approximate surface area is 139 Å². The maximum Gasteiger partial charge on any atom is 0.234 e. The zero-order valence-corrected chi connectivity index (χ0v) is 14.6. The molecule has 1 aromatic carbocycles. The Balaban J connectivity index is 1.97. The first-order chi connectivity index (χ1) is 10.7. The second kappa shape index (κ2) is 8.24.